The second-order valence-corrected chi connectivity index (χ2v) is 15.2. The number of aryl methyl sites for hydroxylation is 1. The normalized spacial score (nSPS) is 12.5. The van der Waals surface area contributed by atoms with E-state index in [9.17, 15) is 23.1 Å². The molecule has 4 nitrogen and oxygen atoms in total. The molecule has 2 heterocycles. The molecule has 0 unspecified atom stereocenters. The molecule has 0 atom stereocenters. The van der Waals surface area contributed by atoms with Gasteiger partial charge in [0.15, 0.2) is 5.78 Å². The SMILES string of the molecule is CCC(CC)C(=O)/C=C(\O)C(CC)CC.Cc1nnc(-c2[c-]c3cc4sccc4cc3c(C(C)(C)C)c2)c2cc3ccccc3c(C(F)(F)F)c12.[Ir]. The van der Waals surface area contributed by atoms with E-state index in [-0.39, 0.29) is 65.4 Å². The van der Waals surface area contributed by atoms with Crippen molar-refractivity contribution in [2.45, 2.75) is 92.7 Å². The third kappa shape index (κ3) is 8.43. The van der Waals surface area contributed by atoms with E-state index in [1.807, 2.05) is 33.8 Å². The van der Waals surface area contributed by atoms with Gasteiger partial charge in [0.1, 0.15) is 0 Å². The van der Waals surface area contributed by atoms with Gasteiger partial charge in [0, 0.05) is 53.8 Å². The summed E-state index contributed by atoms with van der Waals surface area (Å²) in [5.41, 5.74) is 1.52. The Labute approximate surface area is 321 Å². The number of nitrogens with zero attached hydrogens (tertiary/aromatic N) is 2. The van der Waals surface area contributed by atoms with E-state index < -0.39 is 11.7 Å². The molecule has 0 aliphatic heterocycles. The zero-order chi connectivity index (χ0) is 37.2. The van der Waals surface area contributed by atoms with Gasteiger partial charge in [-0.3, -0.25) is 4.79 Å². The number of thiophene rings is 1. The van der Waals surface area contributed by atoms with E-state index in [4.69, 9.17) is 0 Å². The van der Waals surface area contributed by atoms with E-state index in [1.54, 1.807) is 42.5 Å². The van der Waals surface area contributed by atoms with E-state index in [0.717, 1.165) is 46.7 Å². The fourth-order valence-electron chi connectivity index (χ4n) is 6.90. The van der Waals surface area contributed by atoms with Crippen molar-refractivity contribution in [3.05, 3.63) is 94.7 Å². The number of aromatic nitrogens is 2. The van der Waals surface area contributed by atoms with Gasteiger partial charge in [0.05, 0.1) is 17.0 Å². The van der Waals surface area contributed by atoms with Crippen LogP contribution in [0.2, 0.25) is 0 Å². The summed E-state index contributed by atoms with van der Waals surface area (Å²) in [6.45, 7) is 16.1. The molecule has 277 valence electrons. The van der Waals surface area contributed by atoms with E-state index >= 15 is 0 Å². The molecule has 1 N–H and O–H groups in total. The molecular weight excluding hydrogens is 858 g/mol. The van der Waals surface area contributed by atoms with Crippen molar-refractivity contribution < 1.29 is 43.2 Å². The Morgan fingerprint density at radius 2 is 1.50 bits per heavy atom. The summed E-state index contributed by atoms with van der Waals surface area (Å²) >= 11 is 1.65. The van der Waals surface area contributed by atoms with Crippen LogP contribution in [0.5, 0.6) is 0 Å². The molecule has 6 rings (SSSR count). The quantitative estimate of drug-likeness (QED) is 0.0715. The Balaban J connectivity index is 0.000000323. The predicted octanol–water partition coefficient (Wildman–Crippen LogP) is 13.1. The summed E-state index contributed by atoms with van der Waals surface area (Å²) in [4.78, 5) is 11.7. The standard InChI is InChI=1S/C30H22F3N2S.C13H24O2.Ir/c1-16-26-23(12-17-7-5-6-8-21(17)27(26)30(31,32)33)28(35-34-16)20-11-19-15-25-18(9-10-36-25)13-22(19)24(14-20)29(2,3)4;1-5-10(6-2)12(14)9-13(15)11(7-3)8-4;/h5-10,12-15H,1-4H3;9-11,14H,5-8H2,1-4H3;/q-1;;/b;12-9-;. The predicted molar refractivity (Wildman–Crippen MR) is 207 cm³/mol. The van der Waals surface area contributed by atoms with Crippen LogP contribution < -0.4 is 0 Å². The second kappa shape index (κ2) is 16.6. The first kappa shape index (κ1) is 41.1. The molecule has 0 aliphatic rings. The van der Waals surface area contributed by atoms with Gasteiger partial charge in [-0.25, -0.2) is 0 Å². The van der Waals surface area contributed by atoms with Crippen molar-refractivity contribution in [3.63, 3.8) is 0 Å². The zero-order valence-electron chi connectivity index (χ0n) is 31.0. The van der Waals surface area contributed by atoms with Crippen molar-refractivity contribution in [2.75, 3.05) is 0 Å². The van der Waals surface area contributed by atoms with Crippen LogP contribution in [0.25, 0.3) is 53.7 Å². The van der Waals surface area contributed by atoms with Crippen molar-refractivity contribution in [1.82, 2.24) is 10.2 Å². The van der Waals surface area contributed by atoms with Crippen LogP contribution in [-0.2, 0) is 36.5 Å². The number of halogens is 3. The van der Waals surface area contributed by atoms with Gasteiger partial charge >= 0.3 is 6.18 Å². The Morgan fingerprint density at radius 1 is 0.865 bits per heavy atom. The zero-order valence-corrected chi connectivity index (χ0v) is 34.2. The second-order valence-electron chi connectivity index (χ2n) is 14.2. The molecule has 0 saturated heterocycles. The topological polar surface area (TPSA) is 63.1 Å². The number of carbonyl (C=O) groups is 1. The van der Waals surface area contributed by atoms with Crippen LogP contribution in [0.15, 0.2) is 71.8 Å². The van der Waals surface area contributed by atoms with Crippen molar-refractivity contribution >= 4 is 59.5 Å². The van der Waals surface area contributed by atoms with Crippen molar-refractivity contribution in [2.24, 2.45) is 11.8 Å². The van der Waals surface area contributed by atoms with Gasteiger partial charge in [-0.1, -0.05) is 95.8 Å². The van der Waals surface area contributed by atoms with Crippen LogP contribution in [-0.4, -0.2) is 21.1 Å². The Morgan fingerprint density at radius 3 is 2.12 bits per heavy atom. The Hall–Kier alpha value is -3.65. The first-order valence-corrected chi connectivity index (χ1v) is 18.6. The maximum atomic E-state index is 14.5. The van der Waals surface area contributed by atoms with Gasteiger partial charge in [-0.2, -0.15) is 34.7 Å². The fourth-order valence-corrected chi connectivity index (χ4v) is 7.71. The first-order valence-electron chi connectivity index (χ1n) is 17.7. The summed E-state index contributed by atoms with van der Waals surface area (Å²) < 4.78 is 44.5. The van der Waals surface area contributed by atoms with Crippen molar-refractivity contribution in [1.29, 1.82) is 0 Å². The molecule has 52 heavy (non-hydrogen) atoms. The minimum Gasteiger partial charge on any atom is -0.512 e. The minimum atomic E-state index is -4.54. The minimum absolute atomic E-state index is 0. The Kier molecular flexibility index (Phi) is 13.1. The summed E-state index contributed by atoms with van der Waals surface area (Å²) in [6.07, 6.45) is 0.363. The summed E-state index contributed by atoms with van der Waals surface area (Å²) in [7, 11) is 0. The van der Waals surface area contributed by atoms with Crippen LogP contribution in [0.4, 0.5) is 13.2 Å². The molecule has 0 spiro atoms. The molecule has 0 saturated carbocycles. The number of hydrogen-bond donors (Lipinski definition) is 1. The van der Waals surface area contributed by atoms with Crippen LogP contribution >= 0.6 is 11.3 Å². The molecule has 6 aromatic rings. The van der Waals surface area contributed by atoms with Gasteiger partial charge in [0.25, 0.3) is 0 Å². The molecule has 0 bridgehead atoms. The number of aliphatic hydroxyl groups is 1. The number of carbonyl (C=O) groups excluding carboxylic acids is 1. The van der Waals surface area contributed by atoms with Crippen LogP contribution in [0.1, 0.15) is 91.0 Å². The third-order valence-electron chi connectivity index (χ3n) is 9.84. The molecule has 1 radical (unpaired) electrons. The number of benzene rings is 4. The van der Waals surface area contributed by atoms with Gasteiger partial charge in [-0.15, -0.1) is 29.1 Å². The Bertz CT molecular complexity index is 2240. The van der Waals surface area contributed by atoms with Gasteiger partial charge in [0.2, 0.25) is 0 Å². The van der Waals surface area contributed by atoms with Gasteiger partial charge in [-0.05, 0) is 71.0 Å². The number of rotatable bonds is 8. The fraction of sp³-hybridized carbons (Fsp3) is 0.372. The first-order chi connectivity index (χ1) is 24.1. The van der Waals surface area contributed by atoms with Crippen LogP contribution in [0, 0.1) is 24.8 Å². The van der Waals surface area contributed by atoms with Gasteiger partial charge < -0.3 is 5.11 Å². The average Bonchev–Trinajstić information content (AvgIpc) is 3.54. The maximum absolute atomic E-state index is 14.5. The number of hydrogen-bond acceptors (Lipinski definition) is 5. The number of fused-ring (bicyclic) bond motifs is 4. The van der Waals surface area contributed by atoms with E-state index in [2.05, 4.69) is 60.6 Å². The number of allylic oxidation sites excluding steroid dienone is 2. The van der Waals surface area contributed by atoms with E-state index in [1.165, 1.54) is 17.5 Å². The largest absolute Gasteiger partial charge is 0.512 e. The average molecular weight is 904 g/mol. The van der Waals surface area contributed by atoms with Crippen molar-refractivity contribution in [3.8, 4) is 11.3 Å². The van der Waals surface area contributed by atoms with E-state index in [0.29, 0.717) is 22.0 Å². The monoisotopic (exact) mass is 904 g/mol. The molecular formula is C43H46F3IrN2O2S-. The molecule has 2 aromatic heterocycles. The maximum Gasteiger partial charge on any atom is 0.417 e. The summed E-state index contributed by atoms with van der Waals surface area (Å²) in [6, 6.07) is 20.3. The third-order valence-corrected chi connectivity index (χ3v) is 10.7. The summed E-state index contributed by atoms with van der Waals surface area (Å²) in [5, 5.41) is 24.8. The van der Waals surface area contributed by atoms with Crippen LogP contribution in [0.3, 0.4) is 0 Å². The number of ketones is 1. The molecule has 0 aliphatic carbocycles. The molecule has 0 fully saturated rings. The summed E-state index contributed by atoms with van der Waals surface area (Å²) in [5.74, 6) is 0.547. The molecule has 4 aromatic carbocycles. The number of alkyl halides is 3. The smallest absolute Gasteiger partial charge is 0.417 e. The molecule has 9 heteroatoms. The number of aliphatic hydroxyl groups excluding tert-OH is 1. The molecule has 0 amide bonds.